The molecule has 1 amide bonds. The average molecular weight is 548 g/mol. The average Bonchev–Trinajstić information content (AvgIpc) is 3.03. The van der Waals surface area contributed by atoms with E-state index in [9.17, 15) is 13.8 Å². The molecular weight excluding hydrogens is 531 g/mol. The van der Waals surface area contributed by atoms with Crippen LogP contribution in [0.25, 0.3) is 0 Å². The topological polar surface area (TPSA) is 123 Å². The molecule has 1 unspecified atom stereocenters. The fraction of sp³-hybridized carbons (Fsp3) is 0.118. The fourth-order valence-corrected chi connectivity index (χ4v) is 3.67. The van der Waals surface area contributed by atoms with Crippen LogP contribution in [0.4, 0.5) is 15.9 Å². The monoisotopic (exact) mass is 548 g/mol. The van der Waals surface area contributed by atoms with Gasteiger partial charge in [0, 0.05) is 36.9 Å². The first-order valence-corrected chi connectivity index (χ1v) is 10.2. The molecule has 0 bridgehead atoms. The maximum absolute atomic E-state index is 14.3. The van der Waals surface area contributed by atoms with Gasteiger partial charge in [-0.05, 0) is 40.6 Å². The van der Waals surface area contributed by atoms with Crippen LogP contribution in [0, 0.1) is 5.82 Å². The summed E-state index contributed by atoms with van der Waals surface area (Å²) in [6.45, 7) is 0. The van der Waals surface area contributed by atoms with Gasteiger partial charge in [-0.3, -0.25) is 4.79 Å². The number of nitrogens with two attached hydrogens (primary N) is 1. The molecular formula is C17H17FIN5O3PS+. The lowest BCUT2D eigenvalue weighted by Gasteiger charge is -2.10. The van der Waals surface area contributed by atoms with Gasteiger partial charge in [0.1, 0.15) is 11.6 Å². The van der Waals surface area contributed by atoms with Crippen LogP contribution >= 0.6 is 43.8 Å². The molecule has 152 valence electrons. The highest BCUT2D eigenvalue weighted by atomic mass is 127. The van der Waals surface area contributed by atoms with Crippen molar-refractivity contribution < 1.29 is 18.6 Å². The van der Waals surface area contributed by atoms with Crippen molar-refractivity contribution in [2.45, 2.75) is 16.2 Å². The Hall–Kier alpha value is -2.08. The van der Waals surface area contributed by atoms with Gasteiger partial charge in [-0.2, -0.15) is 4.89 Å². The molecule has 0 saturated heterocycles. The van der Waals surface area contributed by atoms with E-state index in [1.54, 1.807) is 30.1 Å². The number of carbonyl (C=O) groups is 1. The van der Waals surface area contributed by atoms with Crippen molar-refractivity contribution >= 4 is 61.2 Å². The molecule has 4 N–H and O–H groups in total. The third-order valence-corrected chi connectivity index (χ3v) is 5.46. The van der Waals surface area contributed by atoms with Crippen molar-refractivity contribution in [3.05, 3.63) is 59.8 Å². The van der Waals surface area contributed by atoms with E-state index < -0.39 is 19.8 Å². The standard InChI is InChI=1S/C17H15FN5O3PS.HI/c1-23-5-4-20-17(23)28-14-6-11(13(19)7-12(14)18)16(24)22-15-3-2-10(8-21-15)9-27(25)26;/h2-8H,9H2,1H3,(H3-,19,21,22,24,25,26);1H/p+1. The fourth-order valence-electron chi connectivity index (χ4n) is 2.32. The van der Waals surface area contributed by atoms with Gasteiger partial charge in [-0.25, -0.2) is 14.4 Å². The van der Waals surface area contributed by atoms with E-state index in [0.29, 0.717) is 10.7 Å². The largest absolute Gasteiger partial charge is 0.510 e. The number of aryl methyl sites for hydroxylation is 1. The quantitative estimate of drug-likeness (QED) is 0.243. The molecule has 0 radical (unpaired) electrons. The van der Waals surface area contributed by atoms with Crippen LogP contribution in [0.2, 0.25) is 0 Å². The van der Waals surface area contributed by atoms with E-state index in [1.165, 1.54) is 18.3 Å². The predicted molar refractivity (Wildman–Crippen MR) is 119 cm³/mol. The summed E-state index contributed by atoms with van der Waals surface area (Å²) in [5.41, 5.74) is 6.47. The second-order valence-corrected chi connectivity index (χ2v) is 7.84. The summed E-state index contributed by atoms with van der Waals surface area (Å²) >= 11 is 1.08. The van der Waals surface area contributed by atoms with Crippen molar-refractivity contribution in [3.8, 4) is 0 Å². The highest BCUT2D eigenvalue weighted by Crippen LogP contribution is 2.31. The van der Waals surface area contributed by atoms with Crippen LogP contribution in [0.3, 0.4) is 0 Å². The third kappa shape index (κ3) is 5.95. The van der Waals surface area contributed by atoms with E-state index in [1.807, 2.05) is 0 Å². The Labute approximate surface area is 188 Å². The number of nitrogen functional groups attached to an aromatic ring is 1. The number of nitrogens with one attached hydrogen (secondary N) is 1. The van der Waals surface area contributed by atoms with Crippen LogP contribution in [-0.2, 0) is 17.8 Å². The molecule has 3 rings (SSSR count). The molecule has 0 fully saturated rings. The van der Waals surface area contributed by atoms with E-state index in [2.05, 4.69) is 15.3 Å². The summed E-state index contributed by atoms with van der Waals surface area (Å²) < 4.78 is 26.8. The number of rotatable bonds is 6. The highest BCUT2D eigenvalue weighted by Gasteiger charge is 2.17. The molecule has 2 heterocycles. The number of anilines is 2. The first-order chi connectivity index (χ1) is 13.3. The number of nitrogens with zero attached hydrogens (tertiary/aromatic N) is 3. The number of imidazole rings is 1. The molecule has 0 aliphatic heterocycles. The Morgan fingerprint density at radius 2 is 2.14 bits per heavy atom. The Balaban J connectivity index is 0.00000300. The second kappa shape index (κ2) is 10.1. The first-order valence-electron chi connectivity index (χ1n) is 7.97. The minimum Gasteiger partial charge on any atom is -0.398 e. The molecule has 29 heavy (non-hydrogen) atoms. The number of benzene rings is 1. The van der Waals surface area contributed by atoms with E-state index in [-0.39, 0.29) is 52.1 Å². The Bertz CT molecular complexity index is 1050. The maximum atomic E-state index is 14.3. The molecule has 12 heteroatoms. The number of aromatic nitrogens is 3. The molecule has 1 aromatic carbocycles. The number of carbonyl (C=O) groups excluding carboxylic acids is 1. The van der Waals surface area contributed by atoms with E-state index >= 15 is 0 Å². The zero-order valence-electron chi connectivity index (χ0n) is 15.1. The van der Waals surface area contributed by atoms with Crippen molar-refractivity contribution in [3.63, 3.8) is 0 Å². The smallest absolute Gasteiger partial charge is 0.398 e. The third-order valence-electron chi connectivity index (χ3n) is 3.71. The van der Waals surface area contributed by atoms with Crippen molar-refractivity contribution in [2.24, 2.45) is 7.05 Å². The van der Waals surface area contributed by atoms with Gasteiger partial charge in [0.25, 0.3) is 5.91 Å². The Kier molecular flexibility index (Phi) is 8.08. The van der Waals surface area contributed by atoms with E-state index in [0.717, 1.165) is 17.8 Å². The first kappa shape index (κ1) is 23.2. The van der Waals surface area contributed by atoms with Crippen molar-refractivity contribution in [2.75, 3.05) is 11.1 Å². The molecule has 0 aliphatic rings. The second-order valence-electron chi connectivity index (χ2n) is 5.81. The zero-order chi connectivity index (χ0) is 20.3. The predicted octanol–water partition coefficient (Wildman–Crippen LogP) is 3.79. The molecule has 8 nitrogen and oxygen atoms in total. The summed E-state index contributed by atoms with van der Waals surface area (Å²) in [5, 5.41) is 3.14. The molecule has 0 saturated carbocycles. The van der Waals surface area contributed by atoms with Crippen LogP contribution in [0.5, 0.6) is 0 Å². The van der Waals surface area contributed by atoms with Gasteiger partial charge in [0.15, 0.2) is 5.16 Å². The van der Waals surface area contributed by atoms with Crippen molar-refractivity contribution in [1.82, 2.24) is 14.5 Å². The summed E-state index contributed by atoms with van der Waals surface area (Å²) in [6, 6.07) is 5.55. The van der Waals surface area contributed by atoms with Gasteiger partial charge < -0.3 is 15.6 Å². The molecule has 0 spiro atoms. The highest BCUT2D eigenvalue weighted by molar-refractivity contribution is 14.0. The number of pyridine rings is 1. The number of hydrogen-bond acceptors (Lipinski definition) is 6. The summed E-state index contributed by atoms with van der Waals surface area (Å²) in [7, 11) is -0.531. The number of amides is 1. The molecule has 0 aliphatic carbocycles. The summed E-state index contributed by atoms with van der Waals surface area (Å²) in [5.74, 6) is -0.862. The van der Waals surface area contributed by atoms with Gasteiger partial charge in [-0.15, -0.1) is 24.0 Å². The normalized spacial score (nSPS) is 10.9. The lowest BCUT2D eigenvalue weighted by Crippen LogP contribution is -2.15. The van der Waals surface area contributed by atoms with E-state index in [4.69, 9.17) is 10.6 Å². The van der Waals surface area contributed by atoms with Crippen LogP contribution in [0.15, 0.2) is 52.9 Å². The SMILES string of the molecule is Cn1ccnc1Sc1cc(C(=O)Nc2ccc(C[P+](=O)O)cn2)c(N)cc1F.I. The molecule has 1 atom stereocenters. The summed E-state index contributed by atoms with van der Waals surface area (Å²) in [6.07, 6.45) is 4.70. The Morgan fingerprint density at radius 1 is 1.38 bits per heavy atom. The number of hydrogen-bond donors (Lipinski definition) is 3. The summed E-state index contributed by atoms with van der Waals surface area (Å²) in [4.78, 5) is 29.8. The van der Waals surface area contributed by atoms with Crippen LogP contribution < -0.4 is 11.1 Å². The van der Waals surface area contributed by atoms with Crippen molar-refractivity contribution in [1.29, 1.82) is 0 Å². The number of halogens is 2. The van der Waals surface area contributed by atoms with Crippen LogP contribution in [0.1, 0.15) is 15.9 Å². The van der Waals surface area contributed by atoms with Gasteiger partial charge >= 0.3 is 8.03 Å². The minimum absolute atomic E-state index is 0. The van der Waals surface area contributed by atoms with Gasteiger partial charge in [0.2, 0.25) is 6.16 Å². The lowest BCUT2D eigenvalue weighted by atomic mass is 10.1. The maximum Gasteiger partial charge on any atom is 0.510 e. The Morgan fingerprint density at radius 3 is 2.72 bits per heavy atom. The van der Waals surface area contributed by atoms with Gasteiger partial charge in [0.05, 0.1) is 10.5 Å². The minimum atomic E-state index is -2.31. The molecule has 3 aromatic rings. The molecule has 2 aromatic heterocycles. The van der Waals surface area contributed by atoms with Gasteiger partial charge in [-0.1, -0.05) is 0 Å². The zero-order valence-corrected chi connectivity index (χ0v) is 19.1. The lowest BCUT2D eigenvalue weighted by molar-refractivity contribution is 0.102. The van der Waals surface area contributed by atoms with Crippen LogP contribution in [-0.4, -0.2) is 25.3 Å².